The van der Waals surface area contributed by atoms with Gasteiger partial charge in [0.2, 0.25) is 21.8 Å². The molecule has 2 N–H and O–H groups in total. The van der Waals surface area contributed by atoms with Crippen LogP contribution >= 0.6 is 15.9 Å². The van der Waals surface area contributed by atoms with Crippen molar-refractivity contribution in [3.05, 3.63) is 88.4 Å². The van der Waals surface area contributed by atoms with Crippen LogP contribution in [0.4, 0.5) is 11.4 Å². The number of carbonyl (C=O) groups excluding carboxylic acids is 2. The summed E-state index contributed by atoms with van der Waals surface area (Å²) in [6.07, 6.45) is 0. The first-order chi connectivity index (χ1) is 15.6. The van der Waals surface area contributed by atoms with E-state index in [4.69, 9.17) is 0 Å². The summed E-state index contributed by atoms with van der Waals surface area (Å²) >= 11 is 3.37. The van der Waals surface area contributed by atoms with Crippen molar-refractivity contribution in [2.24, 2.45) is 0 Å². The quantitative estimate of drug-likeness (QED) is 0.447. The molecule has 0 fully saturated rings. The minimum Gasteiger partial charge on any atom is -0.326 e. The van der Waals surface area contributed by atoms with Gasteiger partial charge in [-0.3, -0.25) is 9.59 Å². The van der Waals surface area contributed by atoms with Crippen LogP contribution in [0.3, 0.4) is 0 Å². The number of carbonyl (C=O) groups is 2. The third-order valence-electron chi connectivity index (χ3n) is 4.72. The van der Waals surface area contributed by atoms with E-state index >= 15 is 0 Å². The number of hydrogen-bond donors (Lipinski definition) is 2. The molecule has 172 valence electrons. The lowest BCUT2D eigenvalue weighted by Crippen LogP contribution is -2.37. The molecule has 0 aliphatic carbocycles. The predicted molar refractivity (Wildman–Crippen MR) is 132 cm³/mol. The van der Waals surface area contributed by atoms with Crippen LogP contribution in [0.2, 0.25) is 0 Å². The molecule has 0 saturated heterocycles. The summed E-state index contributed by atoms with van der Waals surface area (Å²) < 4.78 is 28.8. The Morgan fingerprint density at radius 1 is 0.909 bits per heavy atom. The first-order valence-corrected chi connectivity index (χ1v) is 12.4. The number of rotatable bonds is 8. The van der Waals surface area contributed by atoms with E-state index < -0.39 is 15.9 Å². The van der Waals surface area contributed by atoms with Gasteiger partial charge in [0, 0.05) is 29.3 Å². The Morgan fingerprint density at radius 3 is 2.12 bits per heavy atom. The maximum atomic E-state index is 13.4. The van der Waals surface area contributed by atoms with Crippen LogP contribution in [0.1, 0.15) is 18.1 Å². The number of anilines is 2. The SMILES string of the molecule is CC(=O)Nc1cccc(NC(=O)CN(Cc2ccc(Br)cc2)S(=O)(=O)c2ccc(C)cc2)c1. The van der Waals surface area contributed by atoms with Gasteiger partial charge in [-0.1, -0.05) is 51.8 Å². The van der Waals surface area contributed by atoms with Crippen LogP contribution < -0.4 is 10.6 Å². The highest BCUT2D eigenvalue weighted by molar-refractivity contribution is 9.10. The standard InChI is InChI=1S/C24H24BrN3O4S/c1-17-6-12-23(13-7-17)33(31,32)28(15-19-8-10-20(25)11-9-19)16-24(30)27-22-5-3-4-21(14-22)26-18(2)29/h3-14H,15-16H2,1-2H3,(H,26,29)(H,27,30). The van der Waals surface area contributed by atoms with E-state index in [0.29, 0.717) is 11.4 Å². The third kappa shape index (κ3) is 6.98. The van der Waals surface area contributed by atoms with Crippen molar-refractivity contribution in [1.82, 2.24) is 4.31 Å². The highest BCUT2D eigenvalue weighted by atomic mass is 79.9. The Hall–Kier alpha value is -3.01. The van der Waals surface area contributed by atoms with E-state index in [1.165, 1.54) is 19.1 Å². The van der Waals surface area contributed by atoms with Crippen LogP contribution in [-0.2, 0) is 26.2 Å². The van der Waals surface area contributed by atoms with Crippen LogP contribution in [0.25, 0.3) is 0 Å². The lowest BCUT2D eigenvalue weighted by molar-refractivity contribution is -0.116. The second-order valence-corrected chi connectivity index (χ2v) is 10.4. The molecule has 33 heavy (non-hydrogen) atoms. The summed E-state index contributed by atoms with van der Waals surface area (Å²) in [7, 11) is -3.93. The van der Waals surface area contributed by atoms with E-state index in [-0.39, 0.29) is 23.9 Å². The Labute approximate surface area is 202 Å². The summed E-state index contributed by atoms with van der Waals surface area (Å²) in [5.74, 6) is -0.730. The molecule has 3 aromatic rings. The van der Waals surface area contributed by atoms with Gasteiger partial charge in [-0.05, 0) is 55.0 Å². The monoisotopic (exact) mass is 529 g/mol. The normalized spacial score (nSPS) is 11.3. The lowest BCUT2D eigenvalue weighted by atomic mass is 10.2. The molecule has 3 rings (SSSR count). The number of nitrogens with zero attached hydrogens (tertiary/aromatic N) is 1. The minimum absolute atomic E-state index is 0.0306. The van der Waals surface area contributed by atoms with Crippen LogP contribution in [0.5, 0.6) is 0 Å². The molecule has 7 nitrogen and oxygen atoms in total. The Kier molecular flexibility index (Phi) is 8.01. The second-order valence-electron chi connectivity index (χ2n) is 7.52. The summed E-state index contributed by atoms with van der Waals surface area (Å²) in [6, 6.07) is 20.4. The van der Waals surface area contributed by atoms with Gasteiger partial charge >= 0.3 is 0 Å². The zero-order valence-electron chi connectivity index (χ0n) is 18.2. The van der Waals surface area contributed by atoms with E-state index in [1.807, 2.05) is 19.1 Å². The number of nitrogens with one attached hydrogen (secondary N) is 2. The van der Waals surface area contributed by atoms with Gasteiger partial charge in [-0.25, -0.2) is 8.42 Å². The lowest BCUT2D eigenvalue weighted by Gasteiger charge is -2.22. The molecule has 0 radical (unpaired) electrons. The van der Waals surface area contributed by atoms with Gasteiger partial charge in [0.15, 0.2) is 0 Å². The molecule has 0 unspecified atom stereocenters. The smallest absolute Gasteiger partial charge is 0.243 e. The highest BCUT2D eigenvalue weighted by Gasteiger charge is 2.27. The molecule has 0 atom stereocenters. The fourth-order valence-corrected chi connectivity index (χ4v) is 4.77. The molecule has 0 bridgehead atoms. The molecule has 2 amide bonds. The third-order valence-corrected chi connectivity index (χ3v) is 7.05. The number of amides is 2. The molecule has 0 saturated carbocycles. The molecule has 0 aromatic heterocycles. The summed E-state index contributed by atoms with van der Waals surface area (Å²) in [4.78, 5) is 24.2. The molecule has 0 spiro atoms. The number of hydrogen-bond acceptors (Lipinski definition) is 4. The van der Waals surface area contributed by atoms with Gasteiger partial charge < -0.3 is 10.6 Å². The first-order valence-electron chi connectivity index (χ1n) is 10.1. The fraction of sp³-hybridized carbons (Fsp3) is 0.167. The average Bonchev–Trinajstić information content (AvgIpc) is 2.75. The molecule has 9 heteroatoms. The van der Waals surface area contributed by atoms with Crippen molar-refractivity contribution < 1.29 is 18.0 Å². The largest absolute Gasteiger partial charge is 0.326 e. The van der Waals surface area contributed by atoms with E-state index in [9.17, 15) is 18.0 Å². The van der Waals surface area contributed by atoms with Crippen molar-refractivity contribution in [3.63, 3.8) is 0 Å². The van der Waals surface area contributed by atoms with E-state index in [0.717, 1.165) is 19.9 Å². The molecular weight excluding hydrogens is 506 g/mol. The minimum atomic E-state index is -3.93. The summed E-state index contributed by atoms with van der Waals surface area (Å²) in [5.41, 5.74) is 2.65. The molecular formula is C24H24BrN3O4S. The zero-order valence-corrected chi connectivity index (χ0v) is 20.6. The molecule has 0 aliphatic heterocycles. The van der Waals surface area contributed by atoms with Crippen molar-refractivity contribution in [2.45, 2.75) is 25.3 Å². The van der Waals surface area contributed by atoms with E-state index in [1.54, 1.807) is 48.5 Å². The average molecular weight is 530 g/mol. The topological polar surface area (TPSA) is 95.6 Å². The van der Waals surface area contributed by atoms with Crippen LogP contribution in [0, 0.1) is 6.92 Å². The summed E-state index contributed by atoms with van der Waals surface area (Å²) in [6.45, 7) is 2.92. The Morgan fingerprint density at radius 2 is 1.52 bits per heavy atom. The predicted octanol–water partition coefficient (Wildman–Crippen LogP) is 4.55. The number of sulfonamides is 1. The maximum absolute atomic E-state index is 13.4. The number of aryl methyl sites for hydroxylation is 1. The highest BCUT2D eigenvalue weighted by Crippen LogP contribution is 2.21. The van der Waals surface area contributed by atoms with E-state index in [2.05, 4.69) is 26.6 Å². The van der Waals surface area contributed by atoms with Gasteiger partial charge in [0.1, 0.15) is 0 Å². The number of halogens is 1. The van der Waals surface area contributed by atoms with Crippen molar-refractivity contribution >= 4 is 49.1 Å². The zero-order chi connectivity index (χ0) is 24.0. The van der Waals surface area contributed by atoms with Gasteiger partial charge in [0.05, 0.1) is 11.4 Å². The van der Waals surface area contributed by atoms with Gasteiger partial charge in [-0.15, -0.1) is 0 Å². The van der Waals surface area contributed by atoms with Crippen molar-refractivity contribution in [2.75, 3.05) is 17.2 Å². The second kappa shape index (κ2) is 10.7. The Bertz CT molecular complexity index is 1240. The Balaban J connectivity index is 1.84. The first kappa shape index (κ1) is 24.6. The molecule has 3 aromatic carbocycles. The fourth-order valence-electron chi connectivity index (χ4n) is 3.12. The maximum Gasteiger partial charge on any atom is 0.243 e. The number of benzene rings is 3. The molecule has 0 aliphatic rings. The van der Waals surface area contributed by atoms with Gasteiger partial charge in [-0.2, -0.15) is 4.31 Å². The van der Waals surface area contributed by atoms with Crippen molar-refractivity contribution in [3.8, 4) is 0 Å². The van der Waals surface area contributed by atoms with Crippen molar-refractivity contribution in [1.29, 1.82) is 0 Å². The van der Waals surface area contributed by atoms with Crippen LogP contribution in [0.15, 0.2) is 82.2 Å². The summed E-state index contributed by atoms with van der Waals surface area (Å²) in [5, 5.41) is 5.36. The van der Waals surface area contributed by atoms with Gasteiger partial charge in [0.25, 0.3) is 0 Å². The molecule has 0 heterocycles. The van der Waals surface area contributed by atoms with Crippen LogP contribution in [-0.4, -0.2) is 31.1 Å².